The van der Waals surface area contributed by atoms with Crippen LogP contribution >= 0.6 is 27.5 Å². The van der Waals surface area contributed by atoms with E-state index in [4.69, 9.17) is 11.6 Å². The van der Waals surface area contributed by atoms with Gasteiger partial charge in [-0.05, 0) is 92.8 Å². The van der Waals surface area contributed by atoms with Crippen LogP contribution in [0.15, 0.2) is 40.9 Å². The SMILES string of the molecule is Cc1cc(Cl)cc(CCC(=O)[C@H](C)NC(=O)[C@@H]2CC[C@@H](Cc3ccc(Br)cc3)C2)c1O. The fraction of sp³-hybridized carbons (Fsp3) is 0.440. The second kappa shape index (κ2) is 10.6. The number of carbonyl (C=O) groups is 2. The van der Waals surface area contributed by atoms with Crippen LogP contribution in [-0.4, -0.2) is 22.8 Å². The van der Waals surface area contributed by atoms with E-state index in [1.165, 1.54) is 5.56 Å². The van der Waals surface area contributed by atoms with E-state index in [1.54, 1.807) is 26.0 Å². The van der Waals surface area contributed by atoms with Crippen molar-refractivity contribution >= 4 is 39.2 Å². The van der Waals surface area contributed by atoms with Gasteiger partial charge in [-0.1, -0.05) is 39.7 Å². The van der Waals surface area contributed by atoms with Gasteiger partial charge in [-0.3, -0.25) is 9.59 Å². The number of nitrogens with one attached hydrogen (secondary N) is 1. The highest BCUT2D eigenvalue weighted by molar-refractivity contribution is 9.10. The molecule has 0 aliphatic heterocycles. The molecule has 2 aromatic rings. The number of halogens is 2. The van der Waals surface area contributed by atoms with Crippen molar-refractivity contribution in [3.05, 3.63) is 62.6 Å². The Hall–Kier alpha value is -1.85. The van der Waals surface area contributed by atoms with Crippen LogP contribution in [0, 0.1) is 18.8 Å². The summed E-state index contributed by atoms with van der Waals surface area (Å²) >= 11 is 9.51. The summed E-state index contributed by atoms with van der Waals surface area (Å²) in [5.41, 5.74) is 2.64. The van der Waals surface area contributed by atoms with Crippen molar-refractivity contribution in [2.75, 3.05) is 0 Å². The van der Waals surface area contributed by atoms with E-state index in [0.29, 0.717) is 28.5 Å². The first-order valence-corrected chi connectivity index (χ1v) is 12.0. The van der Waals surface area contributed by atoms with Crippen LogP contribution in [0.25, 0.3) is 0 Å². The van der Waals surface area contributed by atoms with Gasteiger partial charge in [0.1, 0.15) is 5.75 Å². The van der Waals surface area contributed by atoms with Gasteiger partial charge in [-0.2, -0.15) is 0 Å². The van der Waals surface area contributed by atoms with E-state index in [0.717, 1.165) is 30.2 Å². The predicted molar refractivity (Wildman–Crippen MR) is 127 cm³/mol. The molecule has 0 spiro atoms. The molecule has 3 rings (SSSR count). The monoisotopic (exact) mass is 505 g/mol. The number of hydrogen-bond acceptors (Lipinski definition) is 3. The van der Waals surface area contributed by atoms with Gasteiger partial charge in [0.15, 0.2) is 5.78 Å². The largest absolute Gasteiger partial charge is 0.507 e. The van der Waals surface area contributed by atoms with Gasteiger partial charge >= 0.3 is 0 Å². The van der Waals surface area contributed by atoms with Gasteiger partial charge in [0.05, 0.1) is 6.04 Å². The number of hydrogen-bond donors (Lipinski definition) is 2. The highest BCUT2D eigenvalue weighted by Gasteiger charge is 2.31. The molecule has 0 saturated heterocycles. The molecule has 1 saturated carbocycles. The van der Waals surface area contributed by atoms with Crippen molar-refractivity contribution in [1.82, 2.24) is 5.32 Å². The normalized spacial score (nSPS) is 19.2. The van der Waals surface area contributed by atoms with Crippen molar-refractivity contribution in [2.45, 2.75) is 58.4 Å². The van der Waals surface area contributed by atoms with E-state index in [-0.39, 0.29) is 29.8 Å². The smallest absolute Gasteiger partial charge is 0.223 e. The van der Waals surface area contributed by atoms with Crippen LogP contribution in [0.3, 0.4) is 0 Å². The fourth-order valence-electron chi connectivity index (χ4n) is 4.33. The van der Waals surface area contributed by atoms with Gasteiger partial charge < -0.3 is 10.4 Å². The Balaban J connectivity index is 1.46. The molecule has 1 fully saturated rings. The lowest BCUT2D eigenvalue weighted by atomic mass is 9.96. The molecule has 2 aromatic carbocycles. The minimum atomic E-state index is -0.541. The Morgan fingerprint density at radius 3 is 2.65 bits per heavy atom. The maximum atomic E-state index is 12.7. The van der Waals surface area contributed by atoms with E-state index in [1.807, 2.05) is 12.1 Å². The molecule has 1 aliphatic carbocycles. The number of benzene rings is 2. The third-order valence-corrected chi connectivity index (χ3v) is 6.92. The third-order valence-electron chi connectivity index (χ3n) is 6.18. The number of Topliss-reactive ketones (excluding diaryl/α,β-unsaturated/α-hetero) is 1. The topological polar surface area (TPSA) is 66.4 Å². The molecule has 0 aromatic heterocycles. The molecule has 2 N–H and O–H groups in total. The summed E-state index contributed by atoms with van der Waals surface area (Å²) in [5.74, 6) is 0.569. The summed E-state index contributed by atoms with van der Waals surface area (Å²) in [6, 6.07) is 11.2. The minimum absolute atomic E-state index is 0.0272. The predicted octanol–water partition coefficient (Wildman–Crippen LogP) is 5.78. The zero-order valence-electron chi connectivity index (χ0n) is 18.0. The molecular formula is C25H29BrClNO3. The van der Waals surface area contributed by atoms with Gasteiger partial charge in [-0.25, -0.2) is 0 Å². The highest BCUT2D eigenvalue weighted by Crippen LogP contribution is 2.34. The molecule has 4 nitrogen and oxygen atoms in total. The maximum absolute atomic E-state index is 12.7. The number of ketones is 1. The fourth-order valence-corrected chi connectivity index (χ4v) is 4.89. The molecule has 0 bridgehead atoms. The summed E-state index contributed by atoms with van der Waals surface area (Å²) in [6.07, 6.45) is 4.37. The Labute approximate surface area is 197 Å². The number of phenolic OH excluding ortho intramolecular Hbond substituents is 1. The van der Waals surface area contributed by atoms with Crippen molar-refractivity contribution in [3.63, 3.8) is 0 Å². The standard InChI is InChI=1S/C25H29BrClNO3/c1-15-11-22(27)14-19(24(15)30)7-10-23(29)16(2)28-25(31)20-6-3-18(13-20)12-17-4-8-21(26)9-5-17/h4-5,8-9,11,14,16,18,20,30H,3,6-7,10,12-13H2,1-2H3,(H,28,31)/t16-,18-,20+/m0/s1. The van der Waals surface area contributed by atoms with E-state index in [2.05, 4.69) is 33.4 Å². The zero-order chi connectivity index (χ0) is 22.5. The zero-order valence-corrected chi connectivity index (χ0v) is 20.3. The minimum Gasteiger partial charge on any atom is -0.507 e. The molecule has 0 unspecified atom stereocenters. The molecule has 6 heteroatoms. The van der Waals surface area contributed by atoms with Gasteiger partial charge in [0.2, 0.25) is 5.91 Å². The van der Waals surface area contributed by atoms with Crippen LogP contribution in [-0.2, 0) is 22.4 Å². The van der Waals surface area contributed by atoms with Gasteiger partial charge in [0.25, 0.3) is 0 Å². The highest BCUT2D eigenvalue weighted by atomic mass is 79.9. The number of amides is 1. The van der Waals surface area contributed by atoms with Gasteiger partial charge in [0, 0.05) is 21.8 Å². The van der Waals surface area contributed by atoms with Crippen LogP contribution in [0.2, 0.25) is 5.02 Å². The van der Waals surface area contributed by atoms with Crippen molar-refractivity contribution in [2.24, 2.45) is 11.8 Å². The summed E-state index contributed by atoms with van der Waals surface area (Å²) < 4.78 is 1.07. The molecule has 31 heavy (non-hydrogen) atoms. The first-order chi connectivity index (χ1) is 14.7. The van der Waals surface area contributed by atoms with Crippen LogP contribution in [0.5, 0.6) is 5.75 Å². The van der Waals surface area contributed by atoms with E-state index < -0.39 is 6.04 Å². The first-order valence-electron chi connectivity index (χ1n) is 10.8. The summed E-state index contributed by atoms with van der Waals surface area (Å²) in [4.78, 5) is 25.2. The van der Waals surface area contributed by atoms with Crippen LogP contribution < -0.4 is 5.32 Å². The number of aromatic hydroxyl groups is 1. The van der Waals surface area contributed by atoms with Crippen molar-refractivity contribution in [1.29, 1.82) is 0 Å². The number of phenols is 1. The molecule has 0 radical (unpaired) electrons. The lowest BCUT2D eigenvalue weighted by molar-refractivity contribution is -0.129. The van der Waals surface area contributed by atoms with Crippen molar-refractivity contribution in [3.8, 4) is 5.75 Å². The molecule has 1 aliphatic rings. The maximum Gasteiger partial charge on any atom is 0.223 e. The third kappa shape index (κ3) is 6.56. The van der Waals surface area contributed by atoms with Crippen LogP contribution in [0.4, 0.5) is 0 Å². The molecule has 0 heterocycles. The Morgan fingerprint density at radius 1 is 1.23 bits per heavy atom. The quantitative estimate of drug-likeness (QED) is 0.477. The van der Waals surface area contributed by atoms with Gasteiger partial charge in [-0.15, -0.1) is 0 Å². The Bertz CT molecular complexity index is 945. The van der Waals surface area contributed by atoms with Crippen molar-refractivity contribution < 1.29 is 14.7 Å². The summed E-state index contributed by atoms with van der Waals surface area (Å²) in [7, 11) is 0. The summed E-state index contributed by atoms with van der Waals surface area (Å²) in [5, 5.41) is 13.6. The lowest BCUT2D eigenvalue weighted by Gasteiger charge is -2.17. The second-order valence-electron chi connectivity index (χ2n) is 8.63. The molecular weight excluding hydrogens is 478 g/mol. The Kier molecular flexibility index (Phi) is 8.17. The summed E-state index contributed by atoms with van der Waals surface area (Å²) in [6.45, 7) is 3.51. The Morgan fingerprint density at radius 2 is 1.94 bits per heavy atom. The number of carbonyl (C=O) groups excluding carboxylic acids is 2. The molecule has 3 atom stereocenters. The first kappa shape index (κ1) is 23.8. The number of aryl methyl sites for hydroxylation is 2. The molecule has 1 amide bonds. The molecule has 166 valence electrons. The lowest BCUT2D eigenvalue weighted by Crippen LogP contribution is -2.41. The second-order valence-corrected chi connectivity index (χ2v) is 9.99. The average Bonchev–Trinajstić information content (AvgIpc) is 3.19. The van der Waals surface area contributed by atoms with E-state index in [9.17, 15) is 14.7 Å². The van der Waals surface area contributed by atoms with Crippen LogP contribution in [0.1, 0.15) is 49.3 Å². The average molecular weight is 507 g/mol. The number of rotatable bonds is 8. The van der Waals surface area contributed by atoms with E-state index >= 15 is 0 Å².